The molecule has 0 spiro atoms. The molecule has 2 N–H and O–H groups in total. The Bertz CT molecular complexity index is 457. The van der Waals surface area contributed by atoms with Gasteiger partial charge in [-0.1, -0.05) is 6.92 Å². The molecule has 0 aromatic carbocycles. The van der Waals surface area contributed by atoms with Crippen LogP contribution in [0.5, 0.6) is 0 Å². The predicted octanol–water partition coefficient (Wildman–Crippen LogP) is 2.18. The zero-order valence-corrected chi connectivity index (χ0v) is 13.6. The summed E-state index contributed by atoms with van der Waals surface area (Å²) in [7, 11) is 0. The van der Waals surface area contributed by atoms with Gasteiger partial charge in [0.1, 0.15) is 11.4 Å². The van der Waals surface area contributed by atoms with Crippen LogP contribution in [0.1, 0.15) is 45.6 Å². The van der Waals surface area contributed by atoms with Gasteiger partial charge >= 0.3 is 6.09 Å². The Morgan fingerprint density at radius 1 is 1.43 bits per heavy atom. The number of rotatable bonds is 6. The molecule has 6 nitrogen and oxygen atoms in total. The van der Waals surface area contributed by atoms with E-state index in [1.54, 1.807) is 6.20 Å². The second-order valence-electron chi connectivity index (χ2n) is 5.96. The molecule has 21 heavy (non-hydrogen) atoms. The van der Waals surface area contributed by atoms with E-state index in [2.05, 4.69) is 27.5 Å². The summed E-state index contributed by atoms with van der Waals surface area (Å²) in [5.74, 6) is 0.759. The molecule has 1 amide bonds. The SMILES string of the molecule is CCC(CNC(=O)OC(C)(C)C)NCc1ccnc(C)n1. The number of nitrogens with zero attached hydrogens (tertiary/aromatic N) is 2. The van der Waals surface area contributed by atoms with Crippen LogP contribution < -0.4 is 10.6 Å². The van der Waals surface area contributed by atoms with Crippen LogP contribution >= 0.6 is 0 Å². The van der Waals surface area contributed by atoms with Crippen molar-refractivity contribution in [2.75, 3.05) is 6.54 Å². The minimum absolute atomic E-state index is 0.174. The number of hydrogen-bond donors (Lipinski definition) is 2. The molecule has 0 aliphatic heterocycles. The van der Waals surface area contributed by atoms with Gasteiger partial charge in [-0.05, 0) is 40.2 Å². The third kappa shape index (κ3) is 7.60. The van der Waals surface area contributed by atoms with E-state index in [1.165, 1.54) is 0 Å². The number of carbonyl (C=O) groups is 1. The molecule has 0 fully saturated rings. The minimum Gasteiger partial charge on any atom is -0.444 e. The van der Waals surface area contributed by atoms with Gasteiger partial charge in [0, 0.05) is 25.3 Å². The van der Waals surface area contributed by atoms with Gasteiger partial charge in [0.05, 0.1) is 5.69 Å². The van der Waals surface area contributed by atoms with E-state index in [-0.39, 0.29) is 12.1 Å². The Balaban J connectivity index is 2.36. The van der Waals surface area contributed by atoms with Crippen LogP contribution in [0.3, 0.4) is 0 Å². The first-order chi connectivity index (χ1) is 9.80. The Morgan fingerprint density at radius 2 is 2.14 bits per heavy atom. The van der Waals surface area contributed by atoms with Crippen LogP contribution in [-0.2, 0) is 11.3 Å². The van der Waals surface area contributed by atoms with Gasteiger partial charge in [-0.25, -0.2) is 14.8 Å². The molecule has 1 rings (SSSR count). The third-order valence-electron chi connectivity index (χ3n) is 2.79. The maximum atomic E-state index is 11.6. The molecule has 1 unspecified atom stereocenters. The molecule has 0 bridgehead atoms. The first-order valence-corrected chi connectivity index (χ1v) is 7.29. The number of ether oxygens (including phenoxy) is 1. The minimum atomic E-state index is -0.474. The molecule has 0 saturated carbocycles. The highest BCUT2D eigenvalue weighted by Gasteiger charge is 2.16. The summed E-state index contributed by atoms with van der Waals surface area (Å²) < 4.78 is 5.21. The molecular formula is C15H26N4O2. The fourth-order valence-electron chi connectivity index (χ4n) is 1.73. The van der Waals surface area contributed by atoms with Crippen molar-refractivity contribution in [3.63, 3.8) is 0 Å². The van der Waals surface area contributed by atoms with Crippen molar-refractivity contribution >= 4 is 6.09 Å². The van der Waals surface area contributed by atoms with Crippen molar-refractivity contribution in [1.29, 1.82) is 0 Å². The summed E-state index contributed by atoms with van der Waals surface area (Å²) in [6.07, 6.45) is 2.26. The van der Waals surface area contributed by atoms with E-state index in [4.69, 9.17) is 4.74 Å². The smallest absolute Gasteiger partial charge is 0.407 e. The maximum absolute atomic E-state index is 11.6. The van der Waals surface area contributed by atoms with Crippen LogP contribution in [-0.4, -0.2) is 34.2 Å². The van der Waals surface area contributed by atoms with Crippen molar-refractivity contribution < 1.29 is 9.53 Å². The van der Waals surface area contributed by atoms with Gasteiger partial charge in [0.15, 0.2) is 0 Å². The average Bonchev–Trinajstić information content (AvgIpc) is 2.37. The second kappa shape index (κ2) is 7.93. The number of carbonyl (C=O) groups excluding carboxylic acids is 1. The van der Waals surface area contributed by atoms with Crippen LogP contribution in [0.2, 0.25) is 0 Å². The molecule has 0 aliphatic rings. The molecule has 6 heteroatoms. The Labute approximate surface area is 126 Å². The number of aromatic nitrogens is 2. The maximum Gasteiger partial charge on any atom is 0.407 e. The number of amides is 1. The first-order valence-electron chi connectivity index (χ1n) is 7.29. The summed E-state index contributed by atoms with van der Waals surface area (Å²) in [6, 6.07) is 2.06. The molecule has 1 heterocycles. The molecule has 1 atom stereocenters. The highest BCUT2D eigenvalue weighted by Crippen LogP contribution is 2.06. The normalized spacial score (nSPS) is 12.8. The summed E-state index contributed by atoms with van der Waals surface area (Å²) in [5, 5.41) is 6.15. The topological polar surface area (TPSA) is 76.1 Å². The lowest BCUT2D eigenvalue weighted by molar-refractivity contribution is 0.0522. The van der Waals surface area contributed by atoms with Gasteiger partial charge in [0.2, 0.25) is 0 Å². The lowest BCUT2D eigenvalue weighted by Gasteiger charge is -2.22. The molecule has 1 aromatic rings. The number of nitrogens with one attached hydrogen (secondary N) is 2. The van der Waals surface area contributed by atoms with Crippen molar-refractivity contribution in [2.24, 2.45) is 0 Å². The Morgan fingerprint density at radius 3 is 2.71 bits per heavy atom. The lowest BCUT2D eigenvalue weighted by Crippen LogP contribution is -2.42. The van der Waals surface area contributed by atoms with Gasteiger partial charge in [-0.3, -0.25) is 0 Å². The zero-order chi connectivity index (χ0) is 15.9. The molecule has 118 valence electrons. The van der Waals surface area contributed by atoms with E-state index in [0.717, 1.165) is 17.9 Å². The molecule has 0 aliphatic carbocycles. The van der Waals surface area contributed by atoms with Gasteiger partial charge < -0.3 is 15.4 Å². The lowest BCUT2D eigenvalue weighted by atomic mass is 10.2. The second-order valence-corrected chi connectivity index (χ2v) is 5.96. The average molecular weight is 294 g/mol. The fourth-order valence-corrected chi connectivity index (χ4v) is 1.73. The van der Waals surface area contributed by atoms with E-state index in [9.17, 15) is 4.79 Å². The van der Waals surface area contributed by atoms with Gasteiger partial charge in [-0.15, -0.1) is 0 Å². The zero-order valence-electron chi connectivity index (χ0n) is 13.6. The Hall–Kier alpha value is -1.69. The first kappa shape index (κ1) is 17.4. The highest BCUT2D eigenvalue weighted by atomic mass is 16.6. The van der Waals surface area contributed by atoms with E-state index in [0.29, 0.717) is 13.1 Å². The molecule has 0 saturated heterocycles. The quantitative estimate of drug-likeness (QED) is 0.841. The summed E-state index contributed by atoms with van der Waals surface area (Å²) >= 11 is 0. The monoisotopic (exact) mass is 294 g/mol. The Kier molecular flexibility index (Phi) is 6.55. The highest BCUT2D eigenvalue weighted by molar-refractivity contribution is 5.67. The molecule has 1 aromatic heterocycles. The van der Waals surface area contributed by atoms with Crippen molar-refractivity contribution in [3.05, 3.63) is 23.8 Å². The predicted molar refractivity (Wildman–Crippen MR) is 81.9 cm³/mol. The van der Waals surface area contributed by atoms with Crippen molar-refractivity contribution in [2.45, 2.75) is 59.2 Å². The van der Waals surface area contributed by atoms with Gasteiger partial charge in [0.25, 0.3) is 0 Å². The molecular weight excluding hydrogens is 268 g/mol. The summed E-state index contributed by atoms with van der Waals surface area (Å²) in [6.45, 7) is 10.6. The van der Waals surface area contributed by atoms with Crippen LogP contribution in [0.25, 0.3) is 0 Å². The van der Waals surface area contributed by atoms with Crippen LogP contribution in [0.4, 0.5) is 4.79 Å². The van der Waals surface area contributed by atoms with Crippen molar-refractivity contribution in [3.8, 4) is 0 Å². The third-order valence-corrected chi connectivity index (χ3v) is 2.79. The van der Waals surface area contributed by atoms with Crippen molar-refractivity contribution in [1.82, 2.24) is 20.6 Å². The van der Waals surface area contributed by atoms with E-state index < -0.39 is 5.60 Å². The largest absolute Gasteiger partial charge is 0.444 e. The fraction of sp³-hybridized carbons (Fsp3) is 0.667. The van der Waals surface area contributed by atoms with E-state index in [1.807, 2.05) is 33.8 Å². The number of aryl methyl sites for hydroxylation is 1. The standard InChI is InChI=1S/C15H26N4O2/c1-6-12(9-18-14(20)21-15(3,4)5)17-10-13-7-8-16-11(2)19-13/h7-8,12,17H,6,9-10H2,1-5H3,(H,18,20). The van der Waals surface area contributed by atoms with E-state index >= 15 is 0 Å². The number of hydrogen-bond acceptors (Lipinski definition) is 5. The van der Waals surface area contributed by atoms with Crippen LogP contribution in [0, 0.1) is 6.92 Å². The summed E-state index contributed by atoms with van der Waals surface area (Å²) in [4.78, 5) is 20.0. The summed E-state index contributed by atoms with van der Waals surface area (Å²) in [5.41, 5.74) is 0.468. The van der Waals surface area contributed by atoms with Gasteiger partial charge in [-0.2, -0.15) is 0 Å². The number of alkyl carbamates (subject to hydrolysis) is 1. The molecule has 0 radical (unpaired) electrons. The van der Waals surface area contributed by atoms with Crippen LogP contribution in [0.15, 0.2) is 12.3 Å².